The summed E-state index contributed by atoms with van der Waals surface area (Å²) in [5.74, 6) is 0.660. The van der Waals surface area contributed by atoms with Gasteiger partial charge in [0.2, 0.25) is 0 Å². The van der Waals surface area contributed by atoms with Crippen molar-refractivity contribution in [2.45, 2.75) is 0 Å². The normalized spacial score (nSPS) is 10.9. The quantitative estimate of drug-likeness (QED) is 0.626. The van der Waals surface area contributed by atoms with Gasteiger partial charge in [-0.1, -0.05) is 0 Å². The number of benzene rings is 1. The minimum absolute atomic E-state index is 0.660. The van der Waals surface area contributed by atoms with E-state index in [1.54, 1.807) is 6.26 Å². The molecule has 0 fully saturated rings. The first-order chi connectivity index (χ1) is 6.93. The highest BCUT2D eigenvalue weighted by Gasteiger charge is 2.03. The highest BCUT2D eigenvalue weighted by atomic mass is 16.3. The van der Waals surface area contributed by atoms with Crippen molar-refractivity contribution in [3.8, 4) is 11.4 Å². The van der Waals surface area contributed by atoms with Crippen LogP contribution in [0.25, 0.3) is 22.4 Å². The highest BCUT2D eigenvalue weighted by molar-refractivity contribution is 5.81. The van der Waals surface area contributed by atoms with Crippen LogP contribution in [0.15, 0.2) is 34.9 Å². The first-order valence-corrected chi connectivity index (χ1v) is 4.15. The number of furan rings is 1. The fourth-order valence-corrected chi connectivity index (χ4v) is 1.40. The zero-order valence-electron chi connectivity index (χ0n) is 7.14. The SMILES string of the molecule is c1cc2cc(-c3nnn[nH]3)ccc2o1. The largest absolute Gasteiger partial charge is 0.464 e. The molecule has 0 unspecified atom stereocenters. The van der Waals surface area contributed by atoms with Crippen LogP contribution in [0.2, 0.25) is 0 Å². The molecule has 0 bridgehead atoms. The number of aromatic nitrogens is 4. The van der Waals surface area contributed by atoms with Crippen molar-refractivity contribution in [2.24, 2.45) is 0 Å². The molecule has 0 aliphatic rings. The number of nitrogens with zero attached hydrogens (tertiary/aromatic N) is 3. The molecule has 0 radical (unpaired) electrons. The molecule has 5 nitrogen and oxygen atoms in total. The summed E-state index contributed by atoms with van der Waals surface area (Å²) in [4.78, 5) is 0. The van der Waals surface area contributed by atoms with Gasteiger partial charge in [0.1, 0.15) is 5.58 Å². The smallest absolute Gasteiger partial charge is 0.179 e. The maximum atomic E-state index is 5.23. The predicted molar refractivity (Wildman–Crippen MR) is 49.4 cm³/mol. The van der Waals surface area contributed by atoms with Gasteiger partial charge >= 0.3 is 0 Å². The number of rotatable bonds is 1. The zero-order chi connectivity index (χ0) is 9.38. The Morgan fingerprint density at radius 1 is 1.21 bits per heavy atom. The molecule has 0 aliphatic carbocycles. The standard InChI is InChI=1S/C9H6N4O/c1-2-8-6(3-4-14-8)5-7(1)9-10-12-13-11-9/h1-5H,(H,10,11,12,13). The third-order valence-corrected chi connectivity index (χ3v) is 2.07. The number of hydrogen-bond donors (Lipinski definition) is 1. The predicted octanol–water partition coefficient (Wildman–Crippen LogP) is 1.61. The average molecular weight is 186 g/mol. The van der Waals surface area contributed by atoms with Gasteiger partial charge in [0.15, 0.2) is 5.82 Å². The summed E-state index contributed by atoms with van der Waals surface area (Å²) < 4.78 is 5.23. The Balaban J connectivity index is 2.23. The zero-order valence-corrected chi connectivity index (χ0v) is 7.14. The molecule has 2 aromatic heterocycles. The van der Waals surface area contributed by atoms with E-state index < -0.39 is 0 Å². The number of aromatic amines is 1. The van der Waals surface area contributed by atoms with Crippen molar-refractivity contribution < 1.29 is 4.42 Å². The lowest BCUT2D eigenvalue weighted by molar-refractivity contribution is 0.616. The summed E-state index contributed by atoms with van der Waals surface area (Å²) in [6.07, 6.45) is 1.66. The molecule has 0 spiro atoms. The molecule has 2 heterocycles. The van der Waals surface area contributed by atoms with Crippen LogP contribution >= 0.6 is 0 Å². The molecule has 3 aromatic rings. The lowest BCUT2D eigenvalue weighted by Gasteiger charge is -1.93. The molecule has 3 rings (SSSR count). The van der Waals surface area contributed by atoms with E-state index in [4.69, 9.17) is 4.42 Å². The van der Waals surface area contributed by atoms with E-state index in [2.05, 4.69) is 20.6 Å². The topological polar surface area (TPSA) is 67.6 Å². The summed E-state index contributed by atoms with van der Waals surface area (Å²) in [6, 6.07) is 7.69. The molecule has 14 heavy (non-hydrogen) atoms. The minimum atomic E-state index is 0.660. The van der Waals surface area contributed by atoms with E-state index in [0.29, 0.717) is 5.82 Å². The van der Waals surface area contributed by atoms with Gasteiger partial charge in [-0.15, -0.1) is 5.10 Å². The van der Waals surface area contributed by atoms with Gasteiger partial charge in [-0.25, -0.2) is 5.10 Å². The molecule has 5 heteroatoms. The van der Waals surface area contributed by atoms with Crippen LogP contribution in [0.4, 0.5) is 0 Å². The first kappa shape index (κ1) is 7.25. The van der Waals surface area contributed by atoms with Gasteiger partial charge in [-0.05, 0) is 34.7 Å². The van der Waals surface area contributed by atoms with E-state index in [0.717, 1.165) is 16.5 Å². The summed E-state index contributed by atoms with van der Waals surface area (Å²) in [6.45, 7) is 0. The van der Waals surface area contributed by atoms with Crippen molar-refractivity contribution in [2.75, 3.05) is 0 Å². The Labute approximate surface area is 78.7 Å². The maximum absolute atomic E-state index is 5.23. The second kappa shape index (κ2) is 2.66. The number of fused-ring (bicyclic) bond motifs is 1. The number of tetrazole rings is 1. The van der Waals surface area contributed by atoms with Crippen LogP contribution in [0.1, 0.15) is 0 Å². The van der Waals surface area contributed by atoms with Crippen molar-refractivity contribution in [3.05, 3.63) is 30.5 Å². The van der Waals surface area contributed by atoms with Crippen molar-refractivity contribution in [1.29, 1.82) is 0 Å². The third kappa shape index (κ3) is 0.990. The fraction of sp³-hybridized carbons (Fsp3) is 0. The van der Waals surface area contributed by atoms with Crippen molar-refractivity contribution in [3.63, 3.8) is 0 Å². The molecule has 1 N–H and O–H groups in total. The van der Waals surface area contributed by atoms with Crippen LogP contribution in [0.5, 0.6) is 0 Å². The van der Waals surface area contributed by atoms with Crippen LogP contribution in [0.3, 0.4) is 0 Å². The second-order valence-electron chi connectivity index (χ2n) is 2.92. The number of nitrogens with one attached hydrogen (secondary N) is 1. The maximum Gasteiger partial charge on any atom is 0.179 e. The Kier molecular flexibility index (Phi) is 1.38. The molecule has 1 aromatic carbocycles. The average Bonchev–Trinajstić information content (AvgIpc) is 2.88. The highest BCUT2D eigenvalue weighted by Crippen LogP contribution is 2.21. The van der Waals surface area contributed by atoms with Crippen molar-refractivity contribution >= 4 is 11.0 Å². The van der Waals surface area contributed by atoms with Crippen LogP contribution in [-0.2, 0) is 0 Å². The molecule has 0 saturated heterocycles. The lowest BCUT2D eigenvalue weighted by atomic mass is 10.1. The minimum Gasteiger partial charge on any atom is -0.464 e. The summed E-state index contributed by atoms with van der Waals surface area (Å²) >= 11 is 0. The summed E-state index contributed by atoms with van der Waals surface area (Å²) in [5.41, 5.74) is 1.81. The fourth-order valence-electron chi connectivity index (χ4n) is 1.40. The van der Waals surface area contributed by atoms with E-state index in [9.17, 15) is 0 Å². The monoisotopic (exact) mass is 186 g/mol. The lowest BCUT2D eigenvalue weighted by Crippen LogP contribution is -1.79. The van der Waals surface area contributed by atoms with Crippen LogP contribution in [-0.4, -0.2) is 20.6 Å². The van der Waals surface area contributed by atoms with Gasteiger partial charge < -0.3 is 4.42 Å². The van der Waals surface area contributed by atoms with E-state index >= 15 is 0 Å². The van der Waals surface area contributed by atoms with Crippen molar-refractivity contribution in [1.82, 2.24) is 20.6 Å². The molecule has 0 aliphatic heterocycles. The van der Waals surface area contributed by atoms with Gasteiger partial charge in [0.05, 0.1) is 6.26 Å². The first-order valence-electron chi connectivity index (χ1n) is 4.15. The molecule has 0 atom stereocenters. The van der Waals surface area contributed by atoms with Gasteiger partial charge in [0.25, 0.3) is 0 Å². The molecule has 0 amide bonds. The van der Waals surface area contributed by atoms with E-state index in [1.165, 1.54) is 0 Å². The second-order valence-corrected chi connectivity index (χ2v) is 2.92. The Morgan fingerprint density at radius 3 is 3.07 bits per heavy atom. The van der Waals surface area contributed by atoms with E-state index in [1.807, 2.05) is 24.3 Å². The molecular formula is C9H6N4O. The van der Waals surface area contributed by atoms with Crippen LogP contribution in [0, 0.1) is 0 Å². The number of hydrogen-bond acceptors (Lipinski definition) is 4. The molecule has 0 saturated carbocycles. The number of H-pyrrole nitrogens is 1. The van der Waals surface area contributed by atoms with E-state index in [-0.39, 0.29) is 0 Å². The van der Waals surface area contributed by atoms with Crippen LogP contribution < -0.4 is 0 Å². The van der Waals surface area contributed by atoms with Gasteiger partial charge in [-0.2, -0.15) is 0 Å². The van der Waals surface area contributed by atoms with Gasteiger partial charge in [0, 0.05) is 10.9 Å². The Bertz CT molecular complexity index is 555. The summed E-state index contributed by atoms with van der Waals surface area (Å²) in [7, 11) is 0. The molecule has 68 valence electrons. The third-order valence-electron chi connectivity index (χ3n) is 2.07. The Morgan fingerprint density at radius 2 is 2.21 bits per heavy atom. The van der Waals surface area contributed by atoms with Gasteiger partial charge in [-0.3, -0.25) is 0 Å². The Hall–Kier alpha value is -2.17. The molecular weight excluding hydrogens is 180 g/mol. The summed E-state index contributed by atoms with van der Waals surface area (Å²) in [5, 5.41) is 14.6.